The maximum Gasteiger partial charge on any atom is 0.306 e. The van der Waals surface area contributed by atoms with Crippen molar-refractivity contribution < 1.29 is 19.8 Å². The highest BCUT2D eigenvalue weighted by molar-refractivity contribution is 5.69. The number of rotatable bonds is 5. The van der Waals surface area contributed by atoms with E-state index in [9.17, 15) is 9.59 Å². The van der Waals surface area contributed by atoms with E-state index < -0.39 is 11.9 Å². The molecule has 0 fully saturated rings. The van der Waals surface area contributed by atoms with Crippen molar-refractivity contribution in [2.24, 2.45) is 11.8 Å². The summed E-state index contributed by atoms with van der Waals surface area (Å²) in [5, 5.41) is 16.5. The topological polar surface area (TPSA) is 74.6 Å². The van der Waals surface area contributed by atoms with Gasteiger partial charge in [0.05, 0.1) is 11.8 Å². The van der Waals surface area contributed by atoms with Gasteiger partial charge in [0.2, 0.25) is 0 Å². The Morgan fingerprint density at radius 2 is 1.47 bits per heavy atom. The Balaban J connectivity index is 0. The monoisotopic (exact) mass is 218 g/mol. The van der Waals surface area contributed by atoms with Crippen LogP contribution >= 0.6 is 0 Å². The minimum atomic E-state index is -0.741. The lowest BCUT2D eigenvalue weighted by Gasteiger charge is -2.05. The van der Waals surface area contributed by atoms with Crippen LogP contribution in [-0.4, -0.2) is 22.2 Å². The van der Waals surface area contributed by atoms with Crippen molar-refractivity contribution in [3.05, 3.63) is 0 Å². The van der Waals surface area contributed by atoms with Crippen LogP contribution < -0.4 is 0 Å². The molecule has 1 atom stereocenters. The molecule has 0 aromatic carbocycles. The molecule has 0 aromatic rings. The first kappa shape index (κ1) is 16.4. The van der Waals surface area contributed by atoms with E-state index in [-0.39, 0.29) is 11.8 Å². The van der Waals surface area contributed by atoms with E-state index in [1.54, 1.807) is 13.8 Å². The molecule has 4 nitrogen and oxygen atoms in total. The Kier molecular flexibility index (Phi) is 10.4. The third-order valence-electron chi connectivity index (χ3n) is 1.97. The van der Waals surface area contributed by atoms with Crippen LogP contribution in [0.25, 0.3) is 0 Å². The molecule has 0 rings (SSSR count). The second-order valence-electron chi connectivity index (χ2n) is 3.73. The predicted octanol–water partition coefficient (Wildman–Crippen LogP) is 2.62. The van der Waals surface area contributed by atoms with E-state index in [4.69, 9.17) is 10.2 Å². The van der Waals surface area contributed by atoms with Crippen molar-refractivity contribution >= 4 is 11.9 Å². The lowest BCUT2D eigenvalue weighted by atomic mass is 10.0. The Morgan fingerprint density at radius 1 is 1.07 bits per heavy atom. The minimum Gasteiger partial charge on any atom is -0.481 e. The molecule has 0 spiro atoms. The zero-order valence-corrected chi connectivity index (χ0v) is 9.99. The molecule has 15 heavy (non-hydrogen) atoms. The highest BCUT2D eigenvalue weighted by atomic mass is 16.4. The first-order valence-electron chi connectivity index (χ1n) is 5.32. The van der Waals surface area contributed by atoms with Crippen LogP contribution in [0.3, 0.4) is 0 Å². The second-order valence-corrected chi connectivity index (χ2v) is 3.73. The molecule has 0 heterocycles. The van der Waals surface area contributed by atoms with Gasteiger partial charge in [0, 0.05) is 0 Å². The summed E-state index contributed by atoms with van der Waals surface area (Å²) < 4.78 is 0. The van der Waals surface area contributed by atoms with Gasteiger partial charge in [-0.3, -0.25) is 9.59 Å². The molecule has 0 saturated heterocycles. The van der Waals surface area contributed by atoms with E-state index in [1.165, 1.54) is 0 Å². The van der Waals surface area contributed by atoms with E-state index in [2.05, 4.69) is 0 Å². The van der Waals surface area contributed by atoms with Crippen molar-refractivity contribution in [3.63, 3.8) is 0 Å². The van der Waals surface area contributed by atoms with Gasteiger partial charge in [-0.2, -0.15) is 0 Å². The molecule has 1 unspecified atom stereocenters. The molecular formula is C11H22O4. The third kappa shape index (κ3) is 10.9. The first-order valence-corrected chi connectivity index (χ1v) is 5.32. The van der Waals surface area contributed by atoms with E-state index in [1.807, 2.05) is 13.8 Å². The summed E-state index contributed by atoms with van der Waals surface area (Å²) in [6, 6.07) is 0. The number of aliphatic carboxylic acids is 2. The van der Waals surface area contributed by atoms with Crippen LogP contribution in [0.1, 0.15) is 47.0 Å². The Morgan fingerprint density at radius 3 is 1.53 bits per heavy atom. The van der Waals surface area contributed by atoms with Gasteiger partial charge >= 0.3 is 11.9 Å². The van der Waals surface area contributed by atoms with Crippen LogP contribution in [0.4, 0.5) is 0 Å². The first-order chi connectivity index (χ1) is 6.86. The predicted molar refractivity (Wildman–Crippen MR) is 58.8 cm³/mol. The SMILES string of the molecule is CC(C)C(=O)O.CCCC(CC)C(=O)O. The number of carboxylic acids is 2. The molecule has 2 N–H and O–H groups in total. The van der Waals surface area contributed by atoms with Gasteiger partial charge in [-0.1, -0.05) is 34.1 Å². The Hall–Kier alpha value is -1.06. The fourth-order valence-corrected chi connectivity index (χ4v) is 0.851. The second kappa shape index (κ2) is 9.49. The van der Waals surface area contributed by atoms with Crippen molar-refractivity contribution in [1.29, 1.82) is 0 Å². The maximum atomic E-state index is 10.3. The summed E-state index contributed by atoms with van der Waals surface area (Å²) in [5.74, 6) is -1.74. The summed E-state index contributed by atoms with van der Waals surface area (Å²) in [5.41, 5.74) is 0. The largest absolute Gasteiger partial charge is 0.481 e. The van der Waals surface area contributed by atoms with E-state index in [0.717, 1.165) is 19.3 Å². The summed E-state index contributed by atoms with van der Waals surface area (Å²) in [4.78, 5) is 20.0. The minimum absolute atomic E-state index is 0.116. The van der Waals surface area contributed by atoms with E-state index >= 15 is 0 Å². The molecule has 0 bridgehead atoms. The van der Waals surface area contributed by atoms with Gasteiger partial charge in [0.25, 0.3) is 0 Å². The average molecular weight is 218 g/mol. The highest BCUT2D eigenvalue weighted by Crippen LogP contribution is 2.09. The Bertz CT molecular complexity index is 187. The molecular weight excluding hydrogens is 196 g/mol. The fraction of sp³-hybridized carbons (Fsp3) is 0.818. The number of carbonyl (C=O) groups is 2. The lowest BCUT2D eigenvalue weighted by Crippen LogP contribution is -2.11. The van der Waals surface area contributed by atoms with Gasteiger partial charge in [0.1, 0.15) is 0 Å². The molecule has 0 aliphatic heterocycles. The highest BCUT2D eigenvalue weighted by Gasteiger charge is 2.12. The third-order valence-corrected chi connectivity index (χ3v) is 1.97. The molecule has 0 radical (unpaired) electrons. The molecule has 0 aromatic heterocycles. The molecule has 0 amide bonds. The van der Waals surface area contributed by atoms with Crippen LogP contribution in [-0.2, 0) is 9.59 Å². The number of hydrogen-bond donors (Lipinski definition) is 2. The zero-order chi connectivity index (χ0) is 12.4. The zero-order valence-electron chi connectivity index (χ0n) is 9.99. The number of hydrogen-bond acceptors (Lipinski definition) is 2. The van der Waals surface area contributed by atoms with Gasteiger partial charge in [-0.05, 0) is 12.8 Å². The Labute approximate surface area is 91.3 Å². The van der Waals surface area contributed by atoms with Gasteiger partial charge < -0.3 is 10.2 Å². The van der Waals surface area contributed by atoms with Crippen LogP contribution in [0.2, 0.25) is 0 Å². The standard InChI is InChI=1S/C7H14O2.C4H8O2/c1-3-5-6(4-2)7(8)9;1-3(2)4(5)6/h6H,3-5H2,1-2H3,(H,8,9);3H,1-2H3,(H,5,6). The molecule has 90 valence electrons. The smallest absolute Gasteiger partial charge is 0.306 e. The summed E-state index contributed by atoms with van der Waals surface area (Å²) in [7, 11) is 0. The summed E-state index contributed by atoms with van der Waals surface area (Å²) in [6.45, 7) is 7.20. The van der Waals surface area contributed by atoms with Crippen molar-refractivity contribution in [2.45, 2.75) is 47.0 Å². The molecule has 0 aliphatic rings. The van der Waals surface area contributed by atoms with Crippen LogP contribution in [0.15, 0.2) is 0 Å². The van der Waals surface area contributed by atoms with Gasteiger partial charge in [-0.25, -0.2) is 0 Å². The average Bonchev–Trinajstić information content (AvgIpc) is 2.14. The molecule has 0 aliphatic carbocycles. The lowest BCUT2D eigenvalue weighted by molar-refractivity contribution is -0.142. The normalized spacial score (nSPS) is 11.5. The van der Waals surface area contributed by atoms with Crippen LogP contribution in [0.5, 0.6) is 0 Å². The molecule has 0 saturated carbocycles. The fourth-order valence-electron chi connectivity index (χ4n) is 0.851. The number of carboxylic acid groups (broad SMARTS) is 2. The van der Waals surface area contributed by atoms with Crippen molar-refractivity contribution in [3.8, 4) is 0 Å². The molecule has 4 heteroatoms. The van der Waals surface area contributed by atoms with E-state index in [0.29, 0.717) is 0 Å². The quantitative estimate of drug-likeness (QED) is 0.743. The van der Waals surface area contributed by atoms with Crippen molar-refractivity contribution in [1.82, 2.24) is 0 Å². The summed E-state index contributed by atoms with van der Waals surface area (Å²) >= 11 is 0. The van der Waals surface area contributed by atoms with Crippen LogP contribution in [0, 0.1) is 11.8 Å². The summed E-state index contributed by atoms with van der Waals surface area (Å²) in [6.07, 6.45) is 2.53. The maximum absolute atomic E-state index is 10.3. The van der Waals surface area contributed by atoms with Gasteiger partial charge in [-0.15, -0.1) is 0 Å². The van der Waals surface area contributed by atoms with Crippen molar-refractivity contribution in [2.75, 3.05) is 0 Å². The van der Waals surface area contributed by atoms with Gasteiger partial charge in [0.15, 0.2) is 0 Å².